The van der Waals surface area contributed by atoms with E-state index in [-0.39, 0.29) is 5.92 Å². The van der Waals surface area contributed by atoms with Crippen LogP contribution in [0.25, 0.3) is 0 Å². The Morgan fingerprint density at radius 1 is 0.920 bits per heavy atom. The molecule has 1 aliphatic carbocycles. The van der Waals surface area contributed by atoms with Gasteiger partial charge >= 0.3 is 0 Å². The number of amides is 1. The van der Waals surface area contributed by atoms with E-state index in [0.717, 1.165) is 50.6 Å². The zero-order valence-corrected chi connectivity index (χ0v) is 17.1. The van der Waals surface area contributed by atoms with E-state index in [1.54, 1.807) is 0 Å². The standard InChI is InChI=1S/C21H39N3O/c1-15(2)18-6-8-20(9-7-18)22-10-11-24(17(5)12-22)21(25)19-13-23(14-19)16(3)4/h15-20H,6-14H2,1-5H3/t17-,18?,20?/m0/s1. The van der Waals surface area contributed by atoms with Gasteiger partial charge in [0.05, 0.1) is 5.92 Å². The van der Waals surface area contributed by atoms with Crippen LogP contribution >= 0.6 is 0 Å². The van der Waals surface area contributed by atoms with Crippen molar-refractivity contribution >= 4 is 5.91 Å². The molecule has 3 fully saturated rings. The normalized spacial score (nSPS) is 33.1. The predicted molar refractivity (Wildman–Crippen MR) is 104 cm³/mol. The highest BCUT2D eigenvalue weighted by Crippen LogP contribution is 2.33. The van der Waals surface area contributed by atoms with E-state index in [4.69, 9.17) is 0 Å². The summed E-state index contributed by atoms with van der Waals surface area (Å²) >= 11 is 0. The molecule has 0 unspecified atom stereocenters. The first-order chi connectivity index (χ1) is 11.9. The lowest BCUT2D eigenvalue weighted by Gasteiger charge is -2.48. The summed E-state index contributed by atoms with van der Waals surface area (Å²) in [7, 11) is 0. The van der Waals surface area contributed by atoms with Gasteiger partial charge in [0, 0.05) is 50.8 Å². The van der Waals surface area contributed by atoms with Gasteiger partial charge in [0.2, 0.25) is 5.91 Å². The molecule has 0 radical (unpaired) electrons. The van der Waals surface area contributed by atoms with Gasteiger partial charge in [0.1, 0.15) is 0 Å². The number of hydrogen-bond donors (Lipinski definition) is 0. The summed E-state index contributed by atoms with van der Waals surface area (Å²) in [5, 5.41) is 0. The van der Waals surface area contributed by atoms with Crippen molar-refractivity contribution in [2.24, 2.45) is 17.8 Å². The lowest BCUT2D eigenvalue weighted by molar-refractivity contribution is -0.147. The van der Waals surface area contributed by atoms with E-state index >= 15 is 0 Å². The van der Waals surface area contributed by atoms with Crippen molar-refractivity contribution < 1.29 is 4.79 Å². The minimum absolute atomic E-state index is 0.248. The van der Waals surface area contributed by atoms with Gasteiger partial charge in [-0.3, -0.25) is 14.6 Å². The number of piperazine rings is 1. The van der Waals surface area contributed by atoms with Crippen LogP contribution in [0.1, 0.15) is 60.3 Å². The van der Waals surface area contributed by atoms with Gasteiger partial charge in [0.25, 0.3) is 0 Å². The van der Waals surface area contributed by atoms with Crippen molar-refractivity contribution in [1.82, 2.24) is 14.7 Å². The minimum atomic E-state index is 0.248. The van der Waals surface area contributed by atoms with Gasteiger partial charge in [-0.2, -0.15) is 0 Å². The third-order valence-corrected chi connectivity index (χ3v) is 7.13. The molecule has 0 spiro atoms. The molecule has 0 N–H and O–H groups in total. The quantitative estimate of drug-likeness (QED) is 0.780. The largest absolute Gasteiger partial charge is 0.337 e. The molecule has 1 amide bonds. The van der Waals surface area contributed by atoms with Crippen molar-refractivity contribution in [1.29, 1.82) is 0 Å². The average Bonchev–Trinajstić information content (AvgIpc) is 2.52. The maximum absolute atomic E-state index is 12.8. The first-order valence-corrected chi connectivity index (χ1v) is 10.6. The molecule has 2 heterocycles. The Morgan fingerprint density at radius 2 is 1.56 bits per heavy atom. The van der Waals surface area contributed by atoms with E-state index in [2.05, 4.69) is 49.3 Å². The smallest absolute Gasteiger partial charge is 0.228 e. The van der Waals surface area contributed by atoms with Crippen molar-refractivity contribution in [3.05, 3.63) is 0 Å². The maximum Gasteiger partial charge on any atom is 0.228 e. The predicted octanol–water partition coefficient (Wildman–Crippen LogP) is 3.07. The monoisotopic (exact) mass is 349 g/mol. The van der Waals surface area contributed by atoms with Gasteiger partial charge in [-0.15, -0.1) is 0 Å². The summed E-state index contributed by atoms with van der Waals surface area (Å²) in [6, 6.07) is 1.70. The molecule has 0 aromatic rings. The number of rotatable bonds is 4. The van der Waals surface area contributed by atoms with Gasteiger partial charge in [0.15, 0.2) is 0 Å². The zero-order chi connectivity index (χ0) is 18.1. The number of carbonyl (C=O) groups excluding carboxylic acids is 1. The summed E-state index contributed by atoms with van der Waals surface area (Å²) in [6.45, 7) is 16.4. The van der Waals surface area contributed by atoms with Crippen molar-refractivity contribution in [2.75, 3.05) is 32.7 Å². The fourth-order valence-electron chi connectivity index (χ4n) is 5.10. The maximum atomic E-state index is 12.8. The fourth-order valence-corrected chi connectivity index (χ4v) is 5.10. The molecule has 3 aliphatic rings. The minimum Gasteiger partial charge on any atom is -0.337 e. The second kappa shape index (κ2) is 7.96. The first-order valence-electron chi connectivity index (χ1n) is 10.6. The fraction of sp³-hybridized carbons (Fsp3) is 0.952. The molecule has 144 valence electrons. The molecule has 0 aromatic carbocycles. The Labute approximate surface area is 154 Å². The number of likely N-dealkylation sites (tertiary alicyclic amines) is 1. The van der Waals surface area contributed by atoms with Crippen LogP contribution in [-0.2, 0) is 4.79 Å². The molecule has 2 aliphatic heterocycles. The van der Waals surface area contributed by atoms with Crippen LogP contribution in [0.4, 0.5) is 0 Å². The Hall–Kier alpha value is -0.610. The zero-order valence-electron chi connectivity index (χ0n) is 17.1. The van der Waals surface area contributed by atoms with Gasteiger partial charge in [-0.1, -0.05) is 13.8 Å². The average molecular weight is 350 g/mol. The van der Waals surface area contributed by atoms with E-state index in [1.807, 2.05) is 0 Å². The SMILES string of the molecule is CC(C)C1CCC(N2CCN(C(=O)C3CN(C(C)C)C3)[C@@H](C)C2)CC1. The summed E-state index contributed by atoms with van der Waals surface area (Å²) in [5.74, 6) is 2.42. The third kappa shape index (κ3) is 4.21. The number of hydrogen-bond acceptors (Lipinski definition) is 3. The van der Waals surface area contributed by atoms with E-state index in [0.29, 0.717) is 18.0 Å². The van der Waals surface area contributed by atoms with Crippen molar-refractivity contribution in [2.45, 2.75) is 78.4 Å². The highest BCUT2D eigenvalue weighted by Gasteiger charge is 2.40. The number of carbonyl (C=O) groups is 1. The number of nitrogens with zero attached hydrogens (tertiary/aromatic N) is 3. The van der Waals surface area contributed by atoms with E-state index in [1.165, 1.54) is 25.7 Å². The Kier molecular flexibility index (Phi) is 6.10. The molecule has 2 saturated heterocycles. The van der Waals surface area contributed by atoms with E-state index < -0.39 is 0 Å². The Balaban J connectivity index is 1.46. The highest BCUT2D eigenvalue weighted by molar-refractivity contribution is 5.80. The van der Waals surface area contributed by atoms with Crippen LogP contribution in [0, 0.1) is 17.8 Å². The Morgan fingerprint density at radius 3 is 2.08 bits per heavy atom. The molecule has 0 aromatic heterocycles. The molecule has 1 saturated carbocycles. The molecular formula is C21H39N3O. The van der Waals surface area contributed by atoms with Crippen molar-refractivity contribution in [3.8, 4) is 0 Å². The molecule has 4 nitrogen and oxygen atoms in total. The third-order valence-electron chi connectivity index (χ3n) is 7.13. The second-order valence-electron chi connectivity index (χ2n) is 9.43. The second-order valence-corrected chi connectivity index (χ2v) is 9.43. The van der Waals surface area contributed by atoms with Gasteiger partial charge in [-0.25, -0.2) is 0 Å². The van der Waals surface area contributed by atoms with Crippen LogP contribution in [0.3, 0.4) is 0 Å². The molecule has 4 heteroatoms. The first kappa shape index (κ1) is 19.2. The molecule has 1 atom stereocenters. The topological polar surface area (TPSA) is 26.8 Å². The Bertz CT molecular complexity index is 450. The summed E-state index contributed by atoms with van der Waals surface area (Å²) < 4.78 is 0. The summed E-state index contributed by atoms with van der Waals surface area (Å²) in [4.78, 5) is 20.1. The lowest BCUT2D eigenvalue weighted by atomic mass is 9.79. The van der Waals surface area contributed by atoms with Crippen LogP contribution in [0.5, 0.6) is 0 Å². The molecular weight excluding hydrogens is 310 g/mol. The van der Waals surface area contributed by atoms with Crippen LogP contribution in [-0.4, -0.2) is 71.5 Å². The van der Waals surface area contributed by atoms with Crippen LogP contribution in [0.15, 0.2) is 0 Å². The lowest BCUT2D eigenvalue weighted by Crippen LogP contribution is -2.62. The van der Waals surface area contributed by atoms with Crippen LogP contribution in [0.2, 0.25) is 0 Å². The highest BCUT2D eigenvalue weighted by atomic mass is 16.2. The van der Waals surface area contributed by atoms with Crippen molar-refractivity contribution in [3.63, 3.8) is 0 Å². The summed E-state index contributed by atoms with van der Waals surface area (Å²) in [5.41, 5.74) is 0. The molecule has 0 bridgehead atoms. The summed E-state index contributed by atoms with van der Waals surface area (Å²) in [6.07, 6.45) is 5.50. The molecule has 25 heavy (non-hydrogen) atoms. The van der Waals surface area contributed by atoms with Gasteiger partial charge < -0.3 is 4.90 Å². The molecule has 3 rings (SSSR count). The van der Waals surface area contributed by atoms with E-state index in [9.17, 15) is 4.79 Å². The van der Waals surface area contributed by atoms with Gasteiger partial charge in [-0.05, 0) is 58.3 Å². The van der Waals surface area contributed by atoms with Crippen LogP contribution < -0.4 is 0 Å².